The van der Waals surface area contributed by atoms with Crippen molar-refractivity contribution in [3.8, 4) is 11.3 Å². The Bertz CT molecular complexity index is 1200. The molecular weight excluding hydrogens is 388 g/mol. The van der Waals surface area contributed by atoms with Gasteiger partial charge in [0.05, 0.1) is 10.6 Å². The van der Waals surface area contributed by atoms with Crippen LogP contribution in [-0.4, -0.2) is 48.6 Å². The Morgan fingerprint density at radius 2 is 1.97 bits per heavy atom. The maximum Gasteiger partial charge on any atom is 0.334 e. The molecule has 2 atom stereocenters. The molecule has 3 aromatic heterocycles. The zero-order valence-electron chi connectivity index (χ0n) is 15.9. The van der Waals surface area contributed by atoms with Gasteiger partial charge in [-0.3, -0.25) is 29.8 Å². The van der Waals surface area contributed by atoms with Crippen molar-refractivity contribution in [3.05, 3.63) is 74.6 Å². The number of likely N-dealkylation sites (tertiary alicyclic amines) is 1. The Labute approximate surface area is 170 Å². The van der Waals surface area contributed by atoms with Crippen LogP contribution in [0.3, 0.4) is 0 Å². The summed E-state index contributed by atoms with van der Waals surface area (Å²) in [5, 5.41) is 18.1. The molecule has 0 aliphatic carbocycles. The highest BCUT2D eigenvalue weighted by Gasteiger charge is 2.38. The third-order valence-electron chi connectivity index (χ3n) is 5.85. The summed E-state index contributed by atoms with van der Waals surface area (Å²) >= 11 is 0. The van der Waals surface area contributed by atoms with Crippen molar-refractivity contribution < 1.29 is 9.72 Å². The van der Waals surface area contributed by atoms with Crippen LogP contribution >= 0.6 is 0 Å². The smallest absolute Gasteiger partial charge is 0.334 e. The quantitative estimate of drug-likeness (QED) is 0.522. The van der Waals surface area contributed by atoms with Crippen molar-refractivity contribution in [3.63, 3.8) is 0 Å². The number of nitrogens with one attached hydrogen (secondary N) is 1. The summed E-state index contributed by atoms with van der Waals surface area (Å²) in [4.78, 5) is 41.8. The molecule has 10 heteroatoms. The van der Waals surface area contributed by atoms with Gasteiger partial charge in [-0.2, -0.15) is 5.10 Å². The fraction of sp³-hybridized carbons (Fsp3) is 0.300. The van der Waals surface area contributed by atoms with E-state index in [2.05, 4.69) is 15.2 Å². The summed E-state index contributed by atoms with van der Waals surface area (Å²) in [5.74, 6) is -0.102. The highest BCUT2D eigenvalue weighted by molar-refractivity contribution is 5.93. The first-order valence-corrected chi connectivity index (χ1v) is 9.64. The van der Waals surface area contributed by atoms with Gasteiger partial charge in [0, 0.05) is 55.3 Å². The van der Waals surface area contributed by atoms with E-state index in [-0.39, 0.29) is 17.7 Å². The van der Waals surface area contributed by atoms with E-state index >= 15 is 0 Å². The SMILES string of the molecule is O=C(c1cc(-c2ccncc2)n[nH]1)N1C[C@@H]2C[C@@H](C1)c1ccc([N+](=O)[O-])c(=O)n1C2. The number of carbonyl (C=O) groups excluding carboxylic acids is 1. The van der Waals surface area contributed by atoms with Gasteiger partial charge in [-0.1, -0.05) is 0 Å². The minimum Gasteiger partial charge on any atom is -0.336 e. The molecule has 0 unspecified atom stereocenters. The fourth-order valence-corrected chi connectivity index (χ4v) is 4.51. The van der Waals surface area contributed by atoms with Crippen LogP contribution in [0.15, 0.2) is 47.5 Å². The molecule has 0 saturated carbocycles. The second-order valence-corrected chi connectivity index (χ2v) is 7.73. The van der Waals surface area contributed by atoms with Gasteiger partial charge in [-0.05, 0) is 36.6 Å². The van der Waals surface area contributed by atoms with Gasteiger partial charge in [-0.25, -0.2) is 0 Å². The van der Waals surface area contributed by atoms with Gasteiger partial charge in [0.15, 0.2) is 0 Å². The van der Waals surface area contributed by atoms with E-state index in [1.807, 2.05) is 12.1 Å². The summed E-state index contributed by atoms with van der Waals surface area (Å²) in [7, 11) is 0. The Hall–Kier alpha value is -3.82. The molecule has 0 spiro atoms. The molecular formula is C20H18N6O4. The number of aromatic nitrogens is 4. The topological polar surface area (TPSA) is 127 Å². The Kier molecular flexibility index (Phi) is 4.19. The molecule has 1 amide bonds. The third-order valence-corrected chi connectivity index (χ3v) is 5.85. The van der Waals surface area contributed by atoms with E-state index in [1.165, 1.54) is 10.6 Å². The van der Waals surface area contributed by atoms with Gasteiger partial charge in [-0.15, -0.1) is 0 Å². The van der Waals surface area contributed by atoms with Crippen molar-refractivity contribution in [2.45, 2.75) is 18.9 Å². The number of piperidine rings is 1. The number of nitrogens with zero attached hydrogens (tertiary/aromatic N) is 5. The number of aromatic amines is 1. The average Bonchev–Trinajstić information content (AvgIpc) is 3.24. The summed E-state index contributed by atoms with van der Waals surface area (Å²) in [6.07, 6.45) is 4.19. The maximum absolute atomic E-state index is 13.1. The van der Waals surface area contributed by atoms with E-state index in [0.29, 0.717) is 31.0 Å². The van der Waals surface area contributed by atoms with Crippen LogP contribution in [0, 0.1) is 16.0 Å². The van der Waals surface area contributed by atoms with Crippen LogP contribution in [0.2, 0.25) is 0 Å². The summed E-state index contributed by atoms with van der Waals surface area (Å²) in [5.41, 5.74) is 1.72. The van der Waals surface area contributed by atoms with Crippen LogP contribution in [0.5, 0.6) is 0 Å². The predicted octanol–water partition coefficient (Wildman–Crippen LogP) is 1.80. The predicted molar refractivity (Wildman–Crippen MR) is 106 cm³/mol. The molecule has 2 bridgehead atoms. The van der Waals surface area contributed by atoms with E-state index in [0.717, 1.165) is 17.7 Å². The first kappa shape index (κ1) is 18.2. The zero-order valence-corrected chi connectivity index (χ0v) is 15.9. The lowest BCUT2D eigenvalue weighted by atomic mass is 9.83. The van der Waals surface area contributed by atoms with Gasteiger partial charge >= 0.3 is 11.2 Å². The van der Waals surface area contributed by atoms with E-state index in [4.69, 9.17) is 0 Å². The lowest BCUT2D eigenvalue weighted by Gasteiger charge is -2.42. The van der Waals surface area contributed by atoms with Crippen molar-refractivity contribution >= 4 is 11.6 Å². The standard InChI is InChI=1S/C20H18N6O4/c27-19(16-8-15(22-23-16)13-3-5-21-6-4-13)24-9-12-7-14(11-24)17-1-2-18(26(29)30)20(28)25(17)10-12/h1-6,8,12,14H,7,9-11H2,(H,22,23)/t12-,14-/m0/s1. The van der Waals surface area contributed by atoms with E-state index in [1.54, 1.807) is 29.4 Å². The fourth-order valence-electron chi connectivity index (χ4n) is 4.51. The molecule has 1 N–H and O–H groups in total. The number of nitro groups is 1. The average molecular weight is 406 g/mol. The first-order valence-electron chi connectivity index (χ1n) is 9.64. The highest BCUT2D eigenvalue weighted by atomic mass is 16.6. The Morgan fingerprint density at radius 1 is 1.17 bits per heavy atom. The van der Waals surface area contributed by atoms with Crippen molar-refractivity contribution in [1.29, 1.82) is 0 Å². The molecule has 1 fully saturated rings. The van der Waals surface area contributed by atoms with Crippen LogP contribution < -0.4 is 5.56 Å². The number of hydrogen-bond donors (Lipinski definition) is 1. The van der Waals surface area contributed by atoms with Crippen LogP contribution in [0.25, 0.3) is 11.3 Å². The largest absolute Gasteiger partial charge is 0.336 e. The molecule has 152 valence electrons. The van der Waals surface area contributed by atoms with Crippen molar-refractivity contribution in [2.75, 3.05) is 13.1 Å². The third kappa shape index (κ3) is 2.97. The minimum absolute atomic E-state index is 0.0301. The number of hydrogen-bond acceptors (Lipinski definition) is 6. The lowest BCUT2D eigenvalue weighted by molar-refractivity contribution is -0.386. The lowest BCUT2D eigenvalue weighted by Crippen LogP contribution is -2.49. The second-order valence-electron chi connectivity index (χ2n) is 7.73. The minimum atomic E-state index is -0.644. The summed E-state index contributed by atoms with van der Waals surface area (Å²) in [6, 6.07) is 8.29. The molecule has 3 aromatic rings. The maximum atomic E-state index is 13.1. The van der Waals surface area contributed by atoms with Crippen molar-refractivity contribution in [1.82, 2.24) is 24.6 Å². The Morgan fingerprint density at radius 3 is 2.73 bits per heavy atom. The molecule has 2 aliphatic heterocycles. The monoisotopic (exact) mass is 406 g/mol. The highest BCUT2D eigenvalue weighted by Crippen LogP contribution is 2.36. The van der Waals surface area contributed by atoms with Gasteiger partial charge in [0.1, 0.15) is 5.69 Å². The second kappa shape index (κ2) is 6.90. The first-order chi connectivity index (χ1) is 14.5. The van der Waals surface area contributed by atoms with E-state index < -0.39 is 16.2 Å². The van der Waals surface area contributed by atoms with E-state index in [9.17, 15) is 19.7 Å². The molecule has 5 heterocycles. The Balaban J connectivity index is 1.40. The van der Waals surface area contributed by atoms with Crippen LogP contribution in [0.4, 0.5) is 5.69 Å². The molecule has 2 aliphatic rings. The molecule has 0 radical (unpaired) electrons. The number of pyridine rings is 2. The van der Waals surface area contributed by atoms with Crippen molar-refractivity contribution in [2.24, 2.45) is 5.92 Å². The van der Waals surface area contributed by atoms with Gasteiger partial charge in [0.2, 0.25) is 0 Å². The van der Waals surface area contributed by atoms with Crippen LogP contribution in [0.1, 0.15) is 28.5 Å². The van der Waals surface area contributed by atoms with Gasteiger partial charge in [0.25, 0.3) is 5.91 Å². The van der Waals surface area contributed by atoms with Gasteiger partial charge < -0.3 is 9.47 Å². The number of fused-ring (bicyclic) bond motifs is 4. The molecule has 0 aromatic carbocycles. The number of rotatable bonds is 3. The number of carbonyl (C=O) groups is 1. The molecule has 30 heavy (non-hydrogen) atoms. The zero-order chi connectivity index (χ0) is 20.8. The number of H-pyrrole nitrogens is 1. The number of amides is 1. The summed E-state index contributed by atoms with van der Waals surface area (Å²) < 4.78 is 1.51. The summed E-state index contributed by atoms with van der Waals surface area (Å²) in [6.45, 7) is 1.32. The molecule has 10 nitrogen and oxygen atoms in total. The normalized spacial score (nSPS) is 19.9. The molecule has 5 rings (SSSR count). The van der Waals surface area contributed by atoms with Crippen LogP contribution in [-0.2, 0) is 6.54 Å². The molecule has 1 saturated heterocycles.